The molecule has 0 aliphatic carbocycles. The van der Waals surface area contributed by atoms with Gasteiger partial charge in [0, 0.05) is 5.56 Å². The van der Waals surface area contributed by atoms with Crippen molar-refractivity contribution in [3.63, 3.8) is 0 Å². The molecule has 0 bridgehead atoms. The molecule has 2 aromatic rings. The highest BCUT2D eigenvalue weighted by atomic mass is 32.2. The smallest absolute Gasteiger partial charge is 0.344 e. The number of aliphatic carboxylic acids is 1. The van der Waals surface area contributed by atoms with Gasteiger partial charge in [0.05, 0.1) is 12.0 Å². The maximum Gasteiger partial charge on any atom is 0.344 e. The Morgan fingerprint density at radius 2 is 1.83 bits per heavy atom. The minimum Gasteiger partial charge on any atom is -0.493 e. The van der Waals surface area contributed by atoms with Gasteiger partial charge in [-0.3, -0.25) is 15.0 Å². The van der Waals surface area contributed by atoms with Crippen LogP contribution in [0, 0.1) is 0 Å². The zero-order valence-electron chi connectivity index (χ0n) is 20.7. The van der Waals surface area contributed by atoms with Gasteiger partial charge in [-0.15, -0.1) is 0 Å². The van der Waals surface area contributed by atoms with Crippen molar-refractivity contribution in [2.24, 2.45) is 0 Å². The molecule has 3 rings (SSSR count). The van der Waals surface area contributed by atoms with Crippen LogP contribution in [0.2, 0.25) is 0 Å². The first-order valence-corrected chi connectivity index (χ1v) is 12.4. The summed E-state index contributed by atoms with van der Waals surface area (Å²) < 4.78 is 11.1. The van der Waals surface area contributed by atoms with Crippen LogP contribution in [0.1, 0.15) is 55.6 Å². The fourth-order valence-corrected chi connectivity index (χ4v) is 4.52. The number of thioether (sulfide) groups is 1. The van der Waals surface area contributed by atoms with E-state index in [0.717, 1.165) is 22.3 Å². The van der Waals surface area contributed by atoms with E-state index >= 15 is 0 Å². The Balaban J connectivity index is 1.75. The average molecular weight is 529 g/mol. The minimum atomic E-state index is -1.07. The highest BCUT2D eigenvalue weighted by molar-refractivity contribution is 8.26. The Morgan fingerprint density at radius 1 is 1.17 bits per heavy atom. The number of methoxy groups -OCH3 is 1. The SMILES string of the molecule is CCC(Oc1ccc(/C=C2/SC(=S)N(NC(=O)c3ccc(C(C)(C)C)cc3)C2=O)cc1OC)C(=O)O. The first-order chi connectivity index (χ1) is 16.9. The molecular formula is C26H28N2O6S2. The maximum atomic E-state index is 13.0. The number of amides is 2. The molecule has 36 heavy (non-hydrogen) atoms. The van der Waals surface area contributed by atoms with E-state index in [4.69, 9.17) is 21.7 Å². The molecular weight excluding hydrogens is 500 g/mol. The molecule has 1 heterocycles. The summed E-state index contributed by atoms with van der Waals surface area (Å²) in [5, 5.41) is 10.3. The third kappa shape index (κ3) is 6.24. The van der Waals surface area contributed by atoms with E-state index in [0.29, 0.717) is 21.8 Å². The normalized spacial score (nSPS) is 15.7. The van der Waals surface area contributed by atoms with Crippen LogP contribution < -0.4 is 14.9 Å². The Hall–Kier alpha value is -3.37. The van der Waals surface area contributed by atoms with Gasteiger partial charge in [0.25, 0.3) is 11.8 Å². The second-order valence-electron chi connectivity index (χ2n) is 9.05. The topological polar surface area (TPSA) is 105 Å². The van der Waals surface area contributed by atoms with Crippen molar-refractivity contribution < 1.29 is 29.0 Å². The summed E-state index contributed by atoms with van der Waals surface area (Å²) >= 11 is 6.38. The number of hydrogen-bond donors (Lipinski definition) is 2. The summed E-state index contributed by atoms with van der Waals surface area (Å²) in [6, 6.07) is 12.1. The standard InChI is InChI=1S/C26H28N2O6S2/c1-6-18(24(31)32)34-19-12-7-15(13-20(19)33-5)14-21-23(30)28(25(35)36-21)27-22(29)16-8-10-17(11-9-16)26(2,3)4/h7-14,18H,6H2,1-5H3,(H,27,29)(H,31,32)/b21-14+. The van der Waals surface area contributed by atoms with E-state index in [1.54, 1.807) is 43.3 Å². The summed E-state index contributed by atoms with van der Waals surface area (Å²) in [4.78, 5) is 37.3. The van der Waals surface area contributed by atoms with E-state index in [2.05, 4.69) is 26.2 Å². The fraction of sp³-hybridized carbons (Fsp3) is 0.308. The Labute approximate surface area is 219 Å². The molecule has 2 aromatic carbocycles. The Kier molecular flexibility index (Phi) is 8.42. The van der Waals surface area contributed by atoms with Crippen LogP contribution in [0.15, 0.2) is 47.4 Å². The van der Waals surface area contributed by atoms with Gasteiger partial charge >= 0.3 is 5.97 Å². The second kappa shape index (κ2) is 11.1. The molecule has 1 saturated heterocycles. The van der Waals surface area contributed by atoms with Gasteiger partial charge in [-0.2, -0.15) is 5.01 Å². The van der Waals surface area contributed by atoms with Gasteiger partial charge in [0.2, 0.25) is 0 Å². The first kappa shape index (κ1) is 27.2. The second-order valence-corrected chi connectivity index (χ2v) is 10.7. The monoisotopic (exact) mass is 528 g/mol. The number of carbonyl (C=O) groups excluding carboxylic acids is 2. The first-order valence-electron chi connectivity index (χ1n) is 11.2. The highest BCUT2D eigenvalue weighted by Crippen LogP contribution is 2.34. The van der Waals surface area contributed by atoms with E-state index < -0.39 is 23.9 Å². The number of carbonyl (C=O) groups is 3. The maximum absolute atomic E-state index is 13.0. The Morgan fingerprint density at radius 3 is 2.39 bits per heavy atom. The van der Waals surface area contributed by atoms with E-state index in [9.17, 15) is 19.5 Å². The van der Waals surface area contributed by atoms with Gasteiger partial charge in [-0.25, -0.2) is 4.79 Å². The summed E-state index contributed by atoms with van der Waals surface area (Å²) in [7, 11) is 1.44. The number of benzene rings is 2. The molecule has 0 aromatic heterocycles. The predicted octanol–water partition coefficient (Wildman–Crippen LogP) is 4.78. The van der Waals surface area contributed by atoms with E-state index in [1.165, 1.54) is 7.11 Å². The summed E-state index contributed by atoms with van der Waals surface area (Å²) in [6.07, 6.45) is 0.897. The van der Waals surface area contributed by atoms with Crippen molar-refractivity contribution in [2.45, 2.75) is 45.6 Å². The number of nitrogens with zero attached hydrogens (tertiary/aromatic N) is 1. The molecule has 1 atom stereocenters. The molecule has 1 aliphatic rings. The number of rotatable bonds is 8. The summed E-state index contributed by atoms with van der Waals surface area (Å²) in [5.74, 6) is -1.37. The average Bonchev–Trinajstić information content (AvgIpc) is 3.09. The Bertz CT molecular complexity index is 1220. The van der Waals surface area contributed by atoms with Crippen LogP contribution in [-0.4, -0.2) is 45.4 Å². The number of carboxylic acid groups (broad SMARTS) is 1. The lowest BCUT2D eigenvalue weighted by Crippen LogP contribution is -2.44. The van der Waals surface area contributed by atoms with Crippen molar-refractivity contribution in [1.82, 2.24) is 10.4 Å². The highest BCUT2D eigenvalue weighted by Gasteiger charge is 2.34. The van der Waals surface area contributed by atoms with Crippen molar-refractivity contribution >= 4 is 52.2 Å². The van der Waals surface area contributed by atoms with Crippen LogP contribution in [0.25, 0.3) is 6.08 Å². The predicted molar refractivity (Wildman–Crippen MR) is 143 cm³/mol. The molecule has 2 N–H and O–H groups in total. The molecule has 0 radical (unpaired) electrons. The molecule has 10 heteroatoms. The van der Waals surface area contributed by atoms with Gasteiger partial charge in [-0.05, 0) is 65.5 Å². The largest absolute Gasteiger partial charge is 0.493 e. The zero-order chi connectivity index (χ0) is 26.6. The lowest BCUT2D eigenvalue weighted by molar-refractivity contribution is -0.145. The fourth-order valence-electron chi connectivity index (χ4n) is 3.34. The number of carboxylic acids is 1. The van der Waals surface area contributed by atoms with Crippen molar-refractivity contribution in [3.05, 3.63) is 64.1 Å². The number of hydrazine groups is 1. The van der Waals surface area contributed by atoms with Crippen LogP contribution in [-0.2, 0) is 15.0 Å². The third-order valence-corrected chi connectivity index (χ3v) is 6.72. The molecule has 1 unspecified atom stereocenters. The molecule has 0 saturated carbocycles. The van der Waals surface area contributed by atoms with Gasteiger partial charge in [0.15, 0.2) is 21.9 Å². The molecule has 190 valence electrons. The number of ether oxygens (including phenoxy) is 2. The molecule has 1 fully saturated rings. The van der Waals surface area contributed by atoms with Gasteiger partial charge in [-0.1, -0.05) is 57.7 Å². The third-order valence-electron chi connectivity index (χ3n) is 5.42. The van der Waals surface area contributed by atoms with Crippen LogP contribution >= 0.6 is 24.0 Å². The van der Waals surface area contributed by atoms with Crippen molar-refractivity contribution in [3.8, 4) is 11.5 Å². The quantitative estimate of drug-likeness (QED) is 0.373. The van der Waals surface area contributed by atoms with E-state index in [1.807, 2.05) is 12.1 Å². The number of thiocarbonyl (C=S) groups is 1. The van der Waals surface area contributed by atoms with Crippen molar-refractivity contribution in [2.75, 3.05) is 7.11 Å². The van der Waals surface area contributed by atoms with Crippen molar-refractivity contribution in [1.29, 1.82) is 0 Å². The minimum absolute atomic E-state index is 0.0429. The number of hydrogen-bond acceptors (Lipinski definition) is 7. The lowest BCUT2D eigenvalue weighted by Gasteiger charge is -2.19. The molecule has 1 aliphatic heterocycles. The van der Waals surface area contributed by atoms with Crippen LogP contribution in [0.4, 0.5) is 0 Å². The van der Waals surface area contributed by atoms with Gasteiger partial charge < -0.3 is 14.6 Å². The van der Waals surface area contributed by atoms with Crippen LogP contribution in [0.3, 0.4) is 0 Å². The molecule has 8 nitrogen and oxygen atoms in total. The van der Waals surface area contributed by atoms with E-state index in [-0.39, 0.29) is 21.9 Å². The van der Waals surface area contributed by atoms with Crippen LogP contribution in [0.5, 0.6) is 11.5 Å². The molecule has 0 spiro atoms. The lowest BCUT2D eigenvalue weighted by atomic mass is 9.87. The summed E-state index contributed by atoms with van der Waals surface area (Å²) in [5.41, 5.74) is 4.66. The zero-order valence-corrected chi connectivity index (χ0v) is 22.3. The molecule has 2 amide bonds. The number of nitrogens with one attached hydrogen (secondary N) is 1. The summed E-state index contributed by atoms with van der Waals surface area (Å²) in [6.45, 7) is 7.97. The van der Waals surface area contributed by atoms with Gasteiger partial charge in [0.1, 0.15) is 0 Å².